The third kappa shape index (κ3) is 5.53. The number of halogens is 2. The van der Waals surface area contributed by atoms with Crippen LogP contribution in [0.15, 0.2) is 24.3 Å². The van der Waals surface area contributed by atoms with E-state index in [1.807, 2.05) is 31.2 Å². The molecule has 7 heteroatoms. The van der Waals surface area contributed by atoms with Crippen LogP contribution in [0.4, 0.5) is 0 Å². The fraction of sp³-hybridized carbons (Fsp3) is 0.429. The van der Waals surface area contributed by atoms with Gasteiger partial charge < -0.3 is 16.0 Å². The molecule has 1 atom stereocenters. The molecule has 0 spiro atoms. The Kier molecular flexibility index (Phi) is 9.01. The molecular formula is C14H22Cl2N4O. The minimum absolute atomic E-state index is 0. The molecular weight excluding hydrogens is 311 g/mol. The van der Waals surface area contributed by atoms with Gasteiger partial charge in [-0.25, -0.2) is 4.98 Å². The molecule has 1 aromatic carbocycles. The van der Waals surface area contributed by atoms with Crippen molar-refractivity contribution in [3.63, 3.8) is 0 Å². The van der Waals surface area contributed by atoms with E-state index in [1.165, 1.54) is 0 Å². The fourth-order valence-electron chi connectivity index (χ4n) is 2.00. The second-order valence-electron chi connectivity index (χ2n) is 4.64. The van der Waals surface area contributed by atoms with Crippen molar-refractivity contribution in [3.05, 3.63) is 30.1 Å². The lowest BCUT2D eigenvalue weighted by Gasteiger charge is -2.10. The standard InChI is InChI=1S/C14H20N4O.2ClH/c1-2-5-10(15)14(19)16-9-8-13-17-11-6-3-4-7-12(11)18-13;;/h3-4,6-7,10H,2,5,8-9,15H2,1H3,(H,16,19)(H,17,18);2*1H. The van der Waals surface area contributed by atoms with E-state index in [-0.39, 0.29) is 30.7 Å². The van der Waals surface area contributed by atoms with Crippen molar-refractivity contribution in [2.24, 2.45) is 5.73 Å². The first-order valence-corrected chi connectivity index (χ1v) is 6.67. The van der Waals surface area contributed by atoms with E-state index in [9.17, 15) is 4.79 Å². The number of nitrogens with two attached hydrogens (primary N) is 1. The molecule has 21 heavy (non-hydrogen) atoms. The second-order valence-corrected chi connectivity index (χ2v) is 4.64. The summed E-state index contributed by atoms with van der Waals surface area (Å²) in [5.41, 5.74) is 7.70. The number of carbonyl (C=O) groups excluding carboxylic acids is 1. The molecule has 5 nitrogen and oxygen atoms in total. The van der Waals surface area contributed by atoms with E-state index >= 15 is 0 Å². The van der Waals surface area contributed by atoms with Crippen LogP contribution in [0, 0.1) is 0 Å². The SMILES string of the molecule is CCCC(N)C(=O)NCCc1nc2ccccc2[nH]1.Cl.Cl. The summed E-state index contributed by atoms with van der Waals surface area (Å²) in [6, 6.07) is 7.47. The van der Waals surface area contributed by atoms with Gasteiger partial charge in [0, 0.05) is 13.0 Å². The first-order valence-electron chi connectivity index (χ1n) is 6.67. The van der Waals surface area contributed by atoms with E-state index in [4.69, 9.17) is 5.73 Å². The van der Waals surface area contributed by atoms with Crippen LogP contribution in [0.3, 0.4) is 0 Å². The first kappa shape index (κ1) is 19.7. The predicted octanol–water partition coefficient (Wildman–Crippen LogP) is 2.19. The maximum absolute atomic E-state index is 11.6. The first-order chi connectivity index (χ1) is 9.20. The number of hydrogen-bond donors (Lipinski definition) is 3. The number of imidazole rings is 1. The molecule has 2 rings (SSSR count). The minimum atomic E-state index is -0.402. The number of para-hydroxylation sites is 2. The van der Waals surface area contributed by atoms with Crippen LogP contribution in [0.1, 0.15) is 25.6 Å². The largest absolute Gasteiger partial charge is 0.354 e. The summed E-state index contributed by atoms with van der Waals surface area (Å²) in [6.07, 6.45) is 2.31. The zero-order chi connectivity index (χ0) is 13.7. The summed E-state index contributed by atoms with van der Waals surface area (Å²) < 4.78 is 0. The molecule has 0 saturated heterocycles. The van der Waals surface area contributed by atoms with Gasteiger partial charge in [0.15, 0.2) is 0 Å². The van der Waals surface area contributed by atoms with Gasteiger partial charge in [-0.05, 0) is 18.6 Å². The van der Waals surface area contributed by atoms with Crippen LogP contribution < -0.4 is 11.1 Å². The average molecular weight is 333 g/mol. The molecule has 0 fully saturated rings. The Morgan fingerprint density at radius 1 is 1.38 bits per heavy atom. The van der Waals surface area contributed by atoms with Crippen LogP contribution in [-0.4, -0.2) is 28.5 Å². The van der Waals surface area contributed by atoms with E-state index in [1.54, 1.807) is 0 Å². The Morgan fingerprint density at radius 2 is 2.10 bits per heavy atom. The summed E-state index contributed by atoms with van der Waals surface area (Å²) in [5, 5.41) is 2.84. The van der Waals surface area contributed by atoms with Crippen LogP contribution >= 0.6 is 24.8 Å². The summed E-state index contributed by atoms with van der Waals surface area (Å²) in [5.74, 6) is 0.795. The second kappa shape index (κ2) is 9.60. The van der Waals surface area contributed by atoms with Gasteiger partial charge in [-0.2, -0.15) is 0 Å². The maximum Gasteiger partial charge on any atom is 0.236 e. The third-order valence-electron chi connectivity index (χ3n) is 3.04. The van der Waals surface area contributed by atoms with E-state index < -0.39 is 6.04 Å². The topological polar surface area (TPSA) is 83.8 Å². The van der Waals surface area contributed by atoms with E-state index in [2.05, 4.69) is 15.3 Å². The molecule has 0 aliphatic carbocycles. The molecule has 1 heterocycles. The molecule has 0 radical (unpaired) electrons. The zero-order valence-electron chi connectivity index (χ0n) is 12.0. The van der Waals surface area contributed by atoms with E-state index in [0.717, 1.165) is 29.7 Å². The number of nitrogens with zero attached hydrogens (tertiary/aromatic N) is 1. The maximum atomic E-state index is 11.6. The molecule has 1 amide bonds. The predicted molar refractivity (Wildman–Crippen MR) is 90.2 cm³/mol. The van der Waals surface area contributed by atoms with Crippen molar-refractivity contribution in [1.29, 1.82) is 0 Å². The lowest BCUT2D eigenvalue weighted by molar-refractivity contribution is -0.122. The number of hydrogen-bond acceptors (Lipinski definition) is 3. The van der Waals surface area contributed by atoms with Gasteiger partial charge in [0.2, 0.25) is 5.91 Å². The lowest BCUT2D eigenvalue weighted by Crippen LogP contribution is -2.41. The van der Waals surface area contributed by atoms with Crippen LogP contribution in [0.5, 0.6) is 0 Å². The number of carbonyl (C=O) groups is 1. The molecule has 1 aromatic heterocycles. The minimum Gasteiger partial charge on any atom is -0.354 e. The number of rotatable bonds is 6. The van der Waals surface area contributed by atoms with Crippen molar-refractivity contribution in [2.75, 3.05) is 6.54 Å². The molecule has 2 aromatic rings. The highest BCUT2D eigenvalue weighted by atomic mass is 35.5. The summed E-state index contributed by atoms with van der Waals surface area (Å²) in [4.78, 5) is 19.3. The highest BCUT2D eigenvalue weighted by molar-refractivity contribution is 5.85. The van der Waals surface area contributed by atoms with Crippen molar-refractivity contribution in [2.45, 2.75) is 32.2 Å². The number of H-pyrrole nitrogens is 1. The summed E-state index contributed by atoms with van der Waals surface area (Å²) in [7, 11) is 0. The number of nitrogens with one attached hydrogen (secondary N) is 2. The highest BCUT2D eigenvalue weighted by Crippen LogP contribution is 2.10. The van der Waals surface area contributed by atoms with Gasteiger partial charge in [0.05, 0.1) is 17.1 Å². The Morgan fingerprint density at radius 3 is 2.76 bits per heavy atom. The summed E-state index contributed by atoms with van der Waals surface area (Å²) >= 11 is 0. The van der Waals surface area contributed by atoms with Crippen molar-refractivity contribution < 1.29 is 4.79 Å². The number of amides is 1. The van der Waals surface area contributed by atoms with Gasteiger partial charge in [-0.3, -0.25) is 4.79 Å². The molecule has 4 N–H and O–H groups in total. The van der Waals surface area contributed by atoms with Gasteiger partial charge in [0.1, 0.15) is 5.82 Å². The average Bonchev–Trinajstić information content (AvgIpc) is 2.81. The molecule has 1 unspecified atom stereocenters. The number of aromatic nitrogens is 2. The number of aromatic amines is 1. The van der Waals surface area contributed by atoms with Crippen molar-refractivity contribution in [3.8, 4) is 0 Å². The van der Waals surface area contributed by atoms with Crippen LogP contribution in [0.25, 0.3) is 11.0 Å². The Hall–Kier alpha value is -1.30. The monoisotopic (exact) mass is 332 g/mol. The quantitative estimate of drug-likeness (QED) is 0.758. The van der Waals surface area contributed by atoms with Crippen molar-refractivity contribution >= 4 is 41.8 Å². The lowest BCUT2D eigenvalue weighted by atomic mass is 10.1. The van der Waals surface area contributed by atoms with Gasteiger partial charge in [-0.1, -0.05) is 25.5 Å². The van der Waals surface area contributed by atoms with E-state index in [0.29, 0.717) is 13.0 Å². The molecule has 0 aliphatic heterocycles. The molecule has 0 bridgehead atoms. The Labute approximate surface area is 136 Å². The number of benzene rings is 1. The van der Waals surface area contributed by atoms with Gasteiger partial charge >= 0.3 is 0 Å². The van der Waals surface area contributed by atoms with Gasteiger partial charge in [-0.15, -0.1) is 24.8 Å². The summed E-state index contributed by atoms with van der Waals surface area (Å²) in [6.45, 7) is 2.57. The smallest absolute Gasteiger partial charge is 0.236 e. The van der Waals surface area contributed by atoms with Crippen LogP contribution in [-0.2, 0) is 11.2 Å². The van der Waals surface area contributed by atoms with Gasteiger partial charge in [0.25, 0.3) is 0 Å². The Bertz CT molecular complexity index is 526. The number of fused-ring (bicyclic) bond motifs is 1. The Balaban J connectivity index is 0.00000200. The van der Waals surface area contributed by atoms with Crippen LogP contribution in [0.2, 0.25) is 0 Å². The fourth-order valence-corrected chi connectivity index (χ4v) is 2.00. The van der Waals surface area contributed by atoms with Crippen molar-refractivity contribution in [1.82, 2.24) is 15.3 Å². The molecule has 118 valence electrons. The molecule has 0 saturated carbocycles. The zero-order valence-corrected chi connectivity index (χ0v) is 13.6. The molecule has 0 aliphatic rings. The third-order valence-corrected chi connectivity index (χ3v) is 3.04. The highest BCUT2D eigenvalue weighted by Gasteiger charge is 2.11. The normalized spacial score (nSPS) is 11.3.